The highest BCUT2D eigenvalue weighted by molar-refractivity contribution is 5.77. The van der Waals surface area contributed by atoms with Crippen molar-refractivity contribution in [2.75, 3.05) is 26.8 Å². The number of fused-ring (bicyclic) bond motifs is 1. The standard InChI is InChI=1S/C23H27FN4O3/c1-30-14-22(5-6-22)12-28-13-23(31-21(28)29)4-2-3-16(9-23)11-27-15-26-19-8-18(24)17(10-25)7-20(19)27/h7-8,15-16H,2-6,9,11-14H2,1H3/t16-,23-/m0/s1. The quantitative estimate of drug-likeness (QED) is 0.701. The lowest BCUT2D eigenvalue weighted by Gasteiger charge is -2.36. The van der Waals surface area contributed by atoms with Gasteiger partial charge in [0.15, 0.2) is 0 Å². The highest BCUT2D eigenvalue weighted by atomic mass is 19.1. The average Bonchev–Trinajstić information content (AvgIpc) is 3.29. The van der Waals surface area contributed by atoms with Crippen LogP contribution in [0, 0.1) is 28.5 Å². The van der Waals surface area contributed by atoms with Gasteiger partial charge in [-0.05, 0) is 50.5 Å². The molecule has 1 amide bonds. The number of nitriles is 1. The van der Waals surface area contributed by atoms with Crippen LogP contribution < -0.4 is 0 Å². The minimum Gasteiger partial charge on any atom is -0.441 e. The number of hydrogen-bond donors (Lipinski definition) is 0. The van der Waals surface area contributed by atoms with Crippen molar-refractivity contribution in [3.8, 4) is 6.07 Å². The van der Waals surface area contributed by atoms with Crippen LogP contribution in [0.3, 0.4) is 0 Å². The lowest BCUT2D eigenvalue weighted by molar-refractivity contribution is 0.00410. The molecule has 0 radical (unpaired) electrons. The highest BCUT2D eigenvalue weighted by Crippen LogP contribution is 2.48. The lowest BCUT2D eigenvalue weighted by Crippen LogP contribution is -2.41. The van der Waals surface area contributed by atoms with Crippen LogP contribution in [0.4, 0.5) is 9.18 Å². The van der Waals surface area contributed by atoms with Crippen LogP contribution >= 0.6 is 0 Å². The summed E-state index contributed by atoms with van der Waals surface area (Å²) in [6, 6.07) is 4.79. The van der Waals surface area contributed by atoms with E-state index in [-0.39, 0.29) is 17.1 Å². The van der Waals surface area contributed by atoms with Gasteiger partial charge in [-0.25, -0.2) is 14.2 Å². The molecule has 1 aliphatic heterocycles. The molecule has 3 fully saturated rings. The minimum absolute atomic E-state index is 0.0276. The van der Waals surface area contributed by atoms with Gasteiger partial charge in [-0.1, -0.05) is 0 Å². The summed E-state index contributed by atoms with van der Waals surface area (Å²) in [5.41, 5.74) is 1.02. The Morgan fingerprint density at radius 2 is 2.23 bits per heavy atom. The van der Waals surface area contributed by atoms with Gasteiger partial charge >= 0.3 is 6.09 Å². The summed E-state index contributed by atoms with van der Waals surface area (Å²) < 4.78 is 27.2. The fourth-order valence-corrected chi connectivity index (χ4v) is 5.47. The second kappa shape index (κ2) is 7.49. The molecular formula is C23H27FN4O3. The number of aromatic nitrogens is 2. The maximum absolute atomic E-state index is 13.9. The molecule has 2 saturated carbocycles. The molecule has 8 heteroatoms. The van der Waals surface area contributed by atoms with Crippen molar-refractivity contribution in [3.05, 3.63) is 29.8 Å². The number of halogens is 1. The number of benzene rings is 1. The zero-order chi connectivity index (χ0) is 21.6. The summed E-state index contributed by atoms with van der Waals surface area (Å²) in [6.07, 6.45) is 7.43. The number of nitrogens with zero attached hydrogens (tertiary/aromatic N) is 4. The molecule has 2 atom stereocenters. The molecule has 2 aromatic rings. The van der Waals surface area contributed by atoms with Crippen LogP contribution in [0.1, 0.15) is 44.1 Å². The first-order valence-corrected chi connectivity index (χ1v) is 11.0. The minimum atomic E-state index is -0.545. The normalized spacial score (nSPS) is 26.9. The molecule has 3 aliphatic rings. The van der Waals surface area contributed by atoms with E-state index in [1.807, 2.05) is 15.5 Å². The summed E-state index contributed by atoms with van der Waals surface area (Å²) in [6.45, 7) is 2.74. The van der Waals surface area contributed by atoms with Gasteiger partial charge in [0.1, 0.15) is 17.5 Å². The lowest BCUT2D eigenvalue weighted by atomic mass is 9.78. The van der Waals surface area contributed by atoms with Gasteiger partial charge in [0.05, 0.1) is 36.1 Å². The molecule has 0 unspecified atom stereocenters. The third kappa shape index (κ3) is 3.76. The van der Waals surface area contributed by atoms with Crippen molar-refractivity contribution in [2.24, 2.45) is 11.3 Å². The van der Waals surface area contributed by atoms with Crippen molar-refractivity contribution < 1.29 is 18.7 Å². The first-order chi connectivity index (χ1) is 14.9. The molecule has 0 N–H and O–H groups in total. The van der Waals surface area contributed by atoms with Gasteiger partial charge in [0.2, 0.25) is 0 Å². The number of carbonyl (C=O) groups is 1. The van der Waals surface area contributed by atoms with E-state index in [9.17, 15) is 9.18 Å². The van der Waals surface area contributed by atoms with Gasteiger partial charge in [-0.15, -0.1) is 0 Å². The Labute approximate surface area is 180 Å². The average molecular weight is 426 g/mol. The van der Waals surface area contributed by atoms with E-state index < -0.39 is 11.4 Å². The van der Waals surface area contributed by atoms with Crippen LogP contribution in [0.15, 0.2) is 18.5 Å². The topological polar surface area (TPSA) is 80.4 Å². The Morgan fingerprint density at radius 3 is 2.97 bits per heavy atom. The number of hydrogen-bond acceptors (Lipinski definition) is 5. The Hall–Kier alpha value is -2.66. The molecule has 5 rings (SSSR count). The third-order valence-electron chi connectivity index (χ3n) is 7.17. The molecule has 1 aromatic heterocycles. The van der Waals surface area contributed by atoms with Crippen molar-refractivity contribution in [1.82, 2.24) is 14.5 Å². The highest BCUT2D eigenvalue weighted by Gasteiger charge is 2.52. The number of carbonyl (C=O) groups excluding carboxylic acids is 1. The summed E-state index contributed by atoms with van der Waals surface area (Å²) >= 11 is 0. The predicted octanol–water partition coefficient (Wildman–Crippen LogP) is 3.85. The molecular weight excluding hydrogens is 399 g/mol. The van der Waals surface area contributed by atoms with E-state index in [2.05, 4.69) is 4.98 Å². The van der Waals surface area contributed by atoms with Gasteiger partial charge in [-0.2, -0.15) is 5.26 Å². The number of methoxy groups -OCH3 is 1. The number of amides is 1. The SMILES string of the molecule is COCC1(CN2C[C@@]3(CCC[C@H](Cn4cnc5cc(F)c(C#N)cc54)C3)OC2=O)CC1. The molecule has 1 saturated heterocycles. The van der Waals surface area contributed by atoms with E-state index in [4.69, 9.17) is 14.7 Å². The van der Waals surface area contributed by atoms with Crippen LogP contribution in [-0.2, 0) is 16.0 Å². The van der Waals surface area contributed by atoms with E-state index in [1.165, 1.54) is 6.07 Å². The number of rotatable bonds is 6. The largest absolute Gasteiger partial charge is 0.441 e. The van der Waals surface area contributed by atoms with Crippen LogP contribution in [0.25, 0.3) is 11.0 Å². The fourth-order valence-electron chi connectivity index (χ4n) is 5.47. The Balaban J connectivity index is 1.29. The Kier molecular flexibility index (Phi) is 4.89. The van der Waals surface area contributed by atoms with Gasteiger partial charge in [0.25, 0.3) is 0 Å². The zero-order valence-corrected chi connectivity index (χ0v) is 17.8. The zero-order valence-electron chi connectivity index (χ0n) is 17.8. The van der Waals surface area contributed by atoms with Crippen molar-refractivity contribution in [2.45, 2.75) is 50.7 Å². The summed E-state index contributed by atoms with van der Waals surface area (Å²) in [5, 5.41) is 9.15. The van der Waals surface area contributed by atoms with E-state index in [0.29, 0.717) is 37.7 Å². The summed E-state index contributed by atoms with van der Waals surface area (Å²) in [5.74, 6) is -0.222. The molecule has 7 nitrogen and oxygen atoms in total. The second-order valence-corrected chi connectivity index (χ2v) is 9.63. The first-order valence-electron chi connectivity index (χ1n) is 11.0. The maximum atomic E-state index is 13.9. The van der Waals surface area contributed by atoms with Gasteiger partial charge < -0.3 is 18.9 Å². The van der Waals surface area contributed by atoms with Crippen molar-refractivity contribution in [1.29, 1.82) is 5.26 Å². The Bertz CT molecular complexity index is 1060. The van der Waals surface area contributed by atoms with Crippen LogP contribution in [0.2, 0.25) is 0 Å². The first kappa shape index (κ1) is 20.3. The summed E-state index contributed by atoms with van der Waals surface area (Å²) in [7, 11) is 1.71. The van der Waals surface area contributed by atoms with E-state index in [0.717, 1.165) is 44.0 Å². The van der Waals surface area contributed by atoms with Crippen molar-refractivity contribution >= 4 is 17.1 Å². The predicted molar refractivity (Wildman–Crippen MR) is 111 cm³/mol. The Morgan fingerprint density at radius 1 is 1.39 bits per heavy atom. The van der Waals surface area contributed by atoms with Gasteiger partial charge in [0, 0.05) is 31.7 Å². The molecule has 2 heterocycles. The molecule has 1 aromatic carbocycles. The molecule has 31 heavy (non-hydrogen) atoms. The number of imidazole rings is 1. The third-order valence-corrected chi connectivity index (χ3v) is 7.17. The summed E-state index contributed by atoms with van der Waals surface area (Å²) in [4.78, 5) is 18.8. The maximum Gasteiger partial charge on any atom is 0.410 e. The number of ether oxygens (including phenoxy) is 2. The molecule has 0 bridgehead atoms. The van der Waals surface area contributed by atoms with Crippen LogP contribution in [0.5, 0.6) is 0 Å². The molecule has 164 valence electrons. The van der Waals surface area contributed by atoms with Crippen LogP contribution in [-0.4, -0.2) is 53.0 Å². The molecule has 2 aliphatic carbocycles. The monoisotopic (exact) mass is 426 g/mol. The second-order valence-electron chi connectivity index (χ2n) is 9.63. The molecule has 1 spiro atoms. The van der Waals surface area contributed by atoms with Crippen molar-refractivity contribution in [3.63, 3.8) is 0 Å². The smallest absolute Gasteiger partial charge is 0.410 e. The van der Waals surface area contributed by atoms with E-state index in [1.54, 1.807) is 19.5 Å². The van der Waals surface area contributed by atoms with Gasteiger partial charge in [-0.3, -0.25) is 0 Å². The van der Waals surface area contributed by atoms with E-state index >= 15 is 0 Å². The fraction of sp³-hybridized carbons (Fsp3) is 0.609.